The molecule has 0 aliphatic heterocycles. The van der Waals surface area contributed by atoms with E-state index in [1.54, 1.807) is 0 Å². The van der Waals surface area contributed by atoms with E-state index in [9.17, 15) is 0 Å². The van der Waals surface area contributed by atoms with E-state index in [1.807, 2.05) is 25.1 Å². The molecule has 0 atom stereocenters. The third-order valence-electron chi connectivity index (χ3n) is 3.15. The Morgan fingerprint density at radius 3 is 2.70 bits per heavy atom. The summed E-state index contributed by atoms with van der Waals surface area (Å²) in [6.07, 6.45) is 0. The summed E-state index contributed by atoms with van der Waals surface area (Å²) in [6.45, 7) is 2.70. The molecule has 7 nitrogen and oxygen atoms in total. The summed E-state index contributed by atoms with van der Waals surface area (Å²) in [5, 5.41) is 16.4. The number of nitrogens with zero attached hydrogens (tertiary/aromatic N) is 2. The summed E-state index contributed by atoms with van der Waals surface area (Å²) >= 11 is 0. The lowest BCUT2D eigenvalue weighted by atomic mass is 10.2. The van der Waals surface area contributed by atoms with Crippen LogP contribution in [0.3, 0.4) is 0 Å². The second-order valence-electron chi connectivity index (χ2n) is 4.62. The van der Waals surface area contributed by atoms with Gasteiger partial charge in [-0.05, 0) is 30.7 Å². The van der Waals surface area contributed by atoms with Crippen molar-refractivity contribution in [3.63, 3.8) is 0 Å². The predicted molar refractivity (Wildman–Crippen MR) is 81.1 cm³/mol. The molecule has 7 heteroatoms. The molecule has 20 heavy (non-hydrogen) atoms. The molecule has 0 fully saturated rings. The summed E-state index contributed by atoms with van der Waals surface area (Å²) in [5.74, 6) is 0.379. The molecule has 0 unspecified atom stereocenters. The maximum atomic E-state index is 8.92. The molecule has 2 rings (SSSR count). The fourth-order valence-corrected chi connectivity index (χ4v) is 1.91. The number of hydrogen-bond donors (Lipinski definition) is 5. The highest BCUT2D eigenvalue weighted by Crippen LogP contribution is 2.22. The molecule has 0 spiro atoms. The average Bonchev–Trinajstić information content (AvgIpc) is 2.69. The molecule has 0 bridgehead atoms. The van der Waals surface area contributed by atoms with E-state index in [1.165, 1.54) is 4.68 Å². The molecule has 1 aromatic heterocycles. The molecule has 0 amide bonds. The summed E-state index contributed by atoms with van der Waals surface area (Å²) in [4.78, 5) is 0. The minimum absolute atomic E-state index is 0.0324. The SMILES string of the molecule is Cc1cc(NCc2nn(CCO)c(N)c2N)ccc1N. The van der Waals surface area contributed by atoms with Gasteiger partial charge < -0.3 is 27.6 Å². The van der Waals surface area contributed by atoms with Gasteiger partial charge in [-0.15, -0.1) is 0 Å². The lowest BCUT2D eigenvalue weighted by Gasteiger charge is -2.07. The maximum absolute atomic E-state index is 8.92. The third-order valence-corrected chi connectivity index (χ3v) is 3.15. The molecular weight excluding hydrogens is 256 g/mol. The number of aromatic nitrogens is 2. The van der Waals surface area contributed by atoms with Crippen LogP contribution in [0.1, 0.15) is 11.3 Å². The fourth-order valence-electron chi connectivity index (χ4n) is 1.91. The first kappa shape index (κ1) is 14.0. The Labute approximate surface area is 117 Å². The van der Waals surface area contributed by atoms with E-state index in [0.717, 1.165) is 16.9 Å². The van der Waals surface area contributed by atoms with Gasteiger partial charge in [0, 0.05) is 11.4 Å². The molecule has 8 N–H and O–H groups in total. The van der Waals surface area contributed by atoms with Gasteiger partial charge in [0.25, 0.3) is 0 Å². The second kappa shape index (κ2) is 5.70. The zero-order valence-corrected chi connectivity index (χ0v) is 11.4. The Hall–Kier alpha value is -2.41. The fraction of sp³-hybridized carbons (Fsp3) is 0.308. The summed E-state index contributed by atoms with van der Waals surface area (Å²) in [5.41, 5.74) is 21.3. The van der Waals surface area contributed by atoms with Gasteiger partial charge in [0.15, 0.2) is 0 Å². The minimum Gasteiger partial charge on any atom is -0.399 e. The van der Waals surface area contributed by atoms with E-state index in [-0.39, 0.29) is 6.61 Å². The highest BCUT2D eigenvalue weighted by Gasteiger charge is 2.12. The molecular formula is C13H20N6O. The summed E-state index contributed by atoms with van der Waals surface area (Å²) in [7, 11) is 0. The monoisotopic (exact) mass is 276 g/mol. The van der Waals surface area contributed by atoms with Gasteiger partial charge in [-0.3, -0.25) is 0 Å². The normalized spacial score (nSPS) is 10.7. The van der Waals surface area contributed by atoms with Gasteiger partial charge >= 0.3 is 0 Å². The van der Waals surface area contributed by atoms with Crippen LogP contribution in [0.5, 0.6) is 0 Å². The van der Waals surface area contributed by atoms with Gasteiger partial charge in [0.05, 0.1) is 25.4 Å². The van der Waals surface area contributed by atoms with Crippen LogP contribution in [-0.2, 0) is 13.1 Å². The lowest BCUT2D eigenvalue weighted by Crippen LogP contribution is -2.08. The number of aliphatic hydroxyl groups is 1. The quantitative estimate of drug-likeness (QED) is 0.507. The van der Waals surface area contributed by atoms with Gasteiger partial charge in [0.1, 0.15) is 11.5 Å². The van der Waals surface area contributed by atoms with Crippen LogP contribution >= 0.6 is 0 Å². The number of nitrogens with two attached hydrogens (primary N) is 3. The largest absolute Gasteiger partial charge is 0.399 e. The lowest BCUT2D eigenvalue weighted by molar-refractivity contribution is 0.270. The van der Waals surface area contributed by atoms with Crippen LogP contribution in [0, 0.1) is 6.92 Å². The molecule has 108 valence electrons. The summed E-state index contributed by atoms with van der Waals surface area (Å²) < 4.78 is 1.50. The smallest absolute Gasteiger partial charge is 0.145 e. The zero-order chi connectivity index (χ0) is 14.7. The molecule has 1 aromatic carbocycles. The number of hydrogen-bond acceptors (Lipinski definition) is 6. The highest BCUT2D eigenvalue weighted by atomic mass is 16.3. The molecule has 0 radical (unpaired) electrons. The van der Waals surface area contributed by atoms with Gasteiger partial charge in [-0.25, -0.2) is 4.68 Å². The predicted octanol–water partition coefficient (Wildman–Crippen LogP) is 0.543. The number of anilines is 4. The Kier molecular flexibility index (Phi) is 3.99. The number of aliphatic hydroxyl groups excluding tert-OH is 1. The molecule has 2 aromatic rings. The second-order valence-corrected chi connectivity index (χ2v) is 4.62. The Balaban J connectivity index is 2.10. The minimum atomic E-state index is -0.0324. The van der Waals surface area contributed by atoms with E-state index in [4.69, 9.17) is 22.3 Å². The van der Waals surface area contributed by atoms with Crippen molar-refractivity contribution in [3.8, 4) is 0 Å². The van der Waals surface area contributed by atoms with Crippen LogP contribution in [-0.4, -0.2) is 21.5 Å². The molecule has 0 aliphatic carbocycles. The van der Waals surface area contributed by atoms with Crippen LogP contribution in [0.2, 0.25) is 0 Å². The number of rotatable bonds is 5. The molecule has 0 saturated heterocycles. The molecule has 1 heterocycles. The molecule has 0 aliphatic rings. The zero-order valence-electron chi connectivity index (χ0n) is 11.4. The standard InChI is InChI=1S/C13H20N6O/c1-8-6-9(2-3-10(8)14)17-7-11-12(15)13(16)19(18-11)4-5-20/h2-3,6,17,20H,4-5,7,14-16H2,1H3. The van der Waals surface area contributed by atoms with Crippen LogP contribution in [0.4, 0.5) is 22.9 Å². The first-order valence-corrected chi connectivity index (χ1v) is 6.34. The van der Waals surface area contributed by atoms with Crippen molar-refractivity contribution in [1.82, 2.24) is 9.78 Å². The van der Waals surface area contributed by atoms with Crippen molar-refractivity contribution in [2.24, 2.45) is 0 Å². The Morgan fingerprint density at radius 1 is 1.30 bits per heavy atom. The van der Waals surface area contributed by atoms with Crippen molar-refractivity contribution in [3.05, 3.63) is 29.5 Å². The van der Waals surface area contributed by atoms with Crippen molar-refractivity contribution in [1.29, 1.82) is 0 Å². The maximum Gasteiger partial charge on any atom is 0.145 e. The van der Waals surface area contributed by atoms with E-state index in [2.05, 4.69) is 10.4 Å². The van der Waals surface area contributed by atoms with Crippen LogP contribution in [0.15, 0.2) is 18.2 Å². The average molecular weight is 276 g/mol. The van der Waals surface area contributed by atoms with Crippen molar-refractivity contribution in [2.45, 2.75) is 20.0 Å². The number of benzene rings is 1. The Bertz CT molecular complexity index is 607. The number of nitrogen functional groups attached to an aromatic ring is 3. The topological polar surface area (TPSA) is 128 Å². The first-order chi connectivity index (χ1) is 9.52. The number of aryl methyl sites for hydroxylation is 1. The van der Waals surface area contributed by atoms with Crippen molar-refractivity contribution >= 4 is 22.9 Å². The van der Waals surface area contributed by atoms with Gasteiger partial charge in [-0.2, -0.15) is 5.10 Å². The van der Waals surface area contributed by atoms with Crippen molar-refractivity contribution < 1.29 is 5.11 Å². The van der Waals surface area contributed by atoms with Crippen LogP contribution in [0.25, 0.3) is 0 Å². The van der Waals surface area contributed by atoms with E-state index >= 15 is 0 Å². The van der Waals surface area contributed by atoms with Crippen molar-refractivity contribution in [2.75, 3.05) is 29.1 Å². The molecule has 0 saturated carbocycles. The van der Waals surface area contributed by atoms with Crippen LogP contribution < -0.4 is 22.5 Å². The third kappa shape index (κ3) is 2.77. The number of nitrogens with one attached hydrogen (secondary N) is 1. The van der Waals surface area contributed by atoms with E-state index in [0.29, 0.717) is 30.3 Å². The summed E-state index contributed by atoms with van der Waals surface area (Å²) in [6, 6.07) is 5.70. The van der Waals surface area contributed by atoms with E-state index < -0.39 is 0 Å². The Morgan fingerprint density at radius 2 is 2.05 bits per heavy atom. The van der Waals surface area contributed by atoms with Gasteiger partial charge in [0.2, 0.25) is 0 Å². The highest BCUT2D eigenvalue weighted by molar-refractivity contribution is 5.63. The van der Waals surface area contributed by atoms with Gasteiger partial charge in [-0.1, -0.05) is 0 Å². The first-order valence-electron chi connectivity index (χ1n) is 6.34.